The van der Waals surface area contributed by atoms with Crippen LogP contribution in [-0.2, 0) is 16.6 Å². The molecule has 0 aliphatic rings. The molecule has 1 unspecified atom stereocenters. The maximum Gasteiger partial charge on any atom is 0.245 e. The Kier molecular flexibility index (Phi) is 4.63. The van der Waals surface area contributed by atoms with Gasteiger partial charge in [0.1, 0.15) is 10.7 Å². The highest BCUT2D eigenvalue weighted by Gasteiger charge is 2.24. The second-order valence-corrected chi connectivity index (χ2v) is 6.66. The van der Waals surface area contributed by atoms with E-state index in [-0.39, 0.29) is 9.56 Å². The summed E-state index contributed by atoms with van der Waals surface area (Å²) in [5.41, 5.74) is 0.753. The fourth-order valence-electron chi connectivity index (χ4n) is 1.70. The van der Waals surface area contributed by atoms with Crippen molar-refractivity contribution in [3.8, 4) is 0 Å². The number of hydrogen-bond donors (Lipinski definition) is 3. The van der Waals surface area contributed by atoms with Crippen molar-refractivity contribution in [3.63, 3.8) is 0 Å². The van der Waals surface area contributed by atoms with Gasteiger partial charge in [0, 0.05) is 23.9 Å². The van der Waals surface area contributed by atoms with Crippen molar-refractivity contribution >= 4 is 26.0 Å². The Morgan fingerprint density at radius 3 is 2.90 bits per heavy atom. The monoisotopic (exact) mass is 362 g/mol. The molecule has 0 radical (unpaired) electrons. The van der Waals surface area contributed by atoms with Gasteiger partial charge >= 0.3 is 0 Å². The normalized spacial score (nSPS) is 13.6. The second-order valence-electron chi connectivity index (χ2n) is 4.26. The average molecular weight is 363 g/mol. The zero-order valence-electron chi connectivity index (χ0n) is 11.0. The van der Waals surface area contributed by atoms with Gasteiger partial charge in [-0.15, -0.1) is 0 Å². The van der Waals surface area contributed by atoms with Gasteiger partial charge in [-0.2, -0.15) is 5.10 Å². The fraction of sp³-hybridized carbons (Fsp3) is 0.364. The third-order valence-corrected chi connectivity index (χ3v) is 5.10. The molecule has 7 nitrogen and oxygen atoms in total. The Hall–Kier alpha value is -1.16. The van der Waals surface area contributed by atoms with Gasteiger partial charge in [-0.3, -0.25) is 5.10 Å². The number of nitrogens with zero attached hydrogens (tertiary/aromatic N) is 1. The zero-order valence-corrected chi connectivity index (χ0v) is 13.4. The fourth-order valence-corrected chi connectivity index (χ4v) is 3.93. The minimum atomic E-state index is -3.67. The second kappa shape index (κ2) is 6.08. The molecule has 0 aliphatic heterocycles. The lowest BCUT2D eigenvalue weighted by molar-refractivity contribution is 0.470. The molecule has 0 amide bonds. The van der Waals surface area contributed by atoms with Crippen molar-refractivity contribution in [2.75, 3.05) is 7.05 Å². The molecule has 1 atom stereocenters. The first-order valence-corrected chi connectivity index (χ1v) is 8.15. The number of halogens is 1. The lowest BCUT2D eigenvalue weighted by atomic mass is 10.2. The molecular weight excluding hydrogens is 348 g/mol. The van der Waals surface area contributed by atoms with Gasteiger partial charge in [0.2, 0.25) is 10.0 Å². The number of nitrogens with one attached hydrogen (secondary N) is 3. The van der Waals surface area contributed by atoms with E-state index in [9.17, 15) is 8.42 Å². The van der Waals surface area contributed by atoms with Crippen molar-refractivity contribution in [2.24, 2.45) is 0 Å². The predicted molar refractivity (Wildman–Crippen MR) is 76.5 cm³/mol. The van der Waals surface area contributed by atoms with E-state index in [4.69, 9.17) is 4.42 Å². The molecule has 20 heavy (non-hydrogen) atoms. The summed E-state index contributed by atoms with van der Waals surface area (Å²) in [5, 5.41) is 9.34. The number of rotatable bonds is 6. The lowest BCUT2D eigenvalue weighted by Crippen LogP contribution is -2.26. The SMILES string of the molecule is CNCc1cc(S(=O)(=O)NC(C)c2cn[nH]c2)c(Br)o1. The molecule has 0 aliphatic carbocycles. The maximum atomic E-state index is 12.3. The molecule has 0 spiro atoms. The van der Waals surface area contributed by atoms with Crippen molar-refractivity contribution < 1.29 is 12.8 Å². The van der Waals surface area contributed by atoms with Crippen LogP contribution in [-0.4, -0.2) is 25.7 Å². The van der Waals surface area contributed by atoms with E-state index in [0.29, 0.717) is 12.3 Å². The van der Waals surface area contributed by atoms with Gasteiger partial charge in [-0.25, -0.2) is 13.1 Å². The lowest BCUT2D eigenvalue weighted by Gasteiger charge is -2.11. The Balaban J connectivity index is 2.22. The molecule has 0 aromatic carbocycles. The number of aromatic nitrogens is 2. The van der Waals surface area contributed by atoms with Gasteiger partial charge in [0.25, 0.3) is 0 Å². The molecule has 0 fully saturated rings. The summed E-state index contributed by atoms with van der Waals surface area (Å²) in [6, 6.07) is 1.10. The highest BCUT2D eigenvalue weighted by molar-refractivity contribution is 9.10. The van der Waals surface area contributed by atoms with Gasteiger partial charge in [0.05, 0.1) is 12.7 Å². The molecule has 3 N–H and O–H groups in total. The van der Waals surface area contributed by atoms with E-state index in [1.54, 1.807) is 26.4 Å². The van der Waals surface area contributed by atoms with Gasteiger partial charge < -0.3 is 9.73 Å². The molecule has 110 valence electrons. The van der Waals surface area contributed by atoms with Crippen molar-refractivity contribution in [3.05, 3.63) is 34.5 Å². The van der Waals surface area contributed by atoms with E-state index in [1.165, 1.54) is 6.07 Å². The molecule has 9 heteroatoms. The van der Waals surface area contributed by atoms with E-state index >= 15 is 0 Å². The van der Waals surface area contributed by atoms with Crippen molar-refractivity contribution in [1.82, 2.24) is 20.2 Å². The van der Waals surface area contributed by atoms with E-state index in [1.807, 2.05) is 0 Å². The van der Waals surface area contributed by atoms with Gasteiger partial charge in [-0.1, -0.05) is 0 Å². The van der Waals surface area contributed by atoms with Gasteiger partial charge in [-0.05, 0) is 29.9 Å². The number of furan rings is 1. The van der Waals surface area contributed by atoms with Crippen molar-refractivity contribution in [2.45, 2.75) is 24.4 Å². The van der Waals surface area contributed by atoms with Crippen LogP contribution >= 0.6 is 15.9 Å². The van der Waals surface area contributed by atoms with Crippen LogP contribution in [0.2, 0.25) is 0 Å². The topological polar surface area (TPSA) is 100 Å². The Morgan fingerprint density at radius 1 is 1.55 bits per heavy atom. The Labute approximate surface area is 125 Å². The summed E-state index contributed by atoms with van der Waals surface area (Å²) in [6.45, 7) is 2.19. The first kappa shape index (κ1) is 15.2. The smallest absolute Gasteiger partial charge is 0.245 e. The summed E-state index contributed by atoms with van der Waals surface area (Å²) in [6.07, 6.45) is 3.22. The quantitative estimate of drug-likeness (QED) is 0.723. The largest absolute Gasteiger partial charge is 0.452 e. The third kappa shape index (κ3) is 3.29. The standard InChI is InChI=1S/C11H15BrN4O3S/c1-7(8-4-14-15-5-8)16-20(17,18)10-3-9(6-13-2)19-11(10)12/h3-5,7,13,16H,6H2,1-2H3,(H,14,15). The van der Waals surface area contributed by atoms with Crippen LogP contribution in [0.3, 0.4) is 0 Å². The third-order valence-electron chi connectivity index (χ3n) is 2.70. The summed E-state index contributed by atoms with van der Waals surface area (Å²) in [4.78, 5) is 0.0816. The van der Waals surface area contributed by atoms with Crippen LogP contribution in [0.15, 0.2) is 32.4 Å². The van der Waals surface area contributed by atoms with Crippen LogP contribution < -0.4 is 10.0 Å². The molecule has 0 saturated heterocycles. The summed E-state index contributed by atoms with van der Waals surface area (Å²) in [7, 11) is -1.92. The average Bonchev–Trinajstić information content (AvgIpc) is 2.98. The van der Waals surface area contributed by atoms with Crippen LogP contribution in [0.5, 0.6) is 0 Å². The van der Waals surface area contributed by atoms with E-state index < -0.39 is 16.1 Å². The molecule has 2 aromatic rings. The summed E-state index contributed by atoms with van der Waals surface area (Å²) < 4.78 is 32.7. The molecule has 0 saturated carbocycles. The van der Waals surface area contributed by atoms with Crippen LogP contribution in [0, 0.1) is 0 Å². The number of aromatic amines is 1. The van der Waals surface area contributed by atoms with E-state index in [2.05, 4.69) is 36.2 Å². The Bertz CT molecular complexity index is 666. The van der Waals surface area contributed by atoms with E-state index in [0.717, 1.165) is 5.56 Å². The van der Waals surface area contributed by atoms with Crippen LogP contribution in [0.25, 0.3) is 0 Å². The predicted octanol–water partition coefficient (Wildman–Crippen LogP) is 1.52. The number of H-pyrrole nitrogens is 1. The molecule has 2 heterocycles. The Morgan fingerprint density at radius 2 is 2.30 bits per heavy atom. The minimum absolute atomic E-state index is 0.0816. The molecule has 2 aromatic heterocycles. The first-order chi connectivity index (χ1) is 9.44. The van der Waals surface area contributed by atoms with Gasteiger partial charge in [0.15, 0.2) is 4.67 Å². The van der Waals surface area contributed by atoms with Crippen LogP contribution in [0.1, 0.15) is 24.3 Å². The highest BCUT2D eigenvalue weighted by atomic mass is 79.9. The van der Waals surface area contributed by atoms with Crippen molar-refractivity contribution in [1.29, 1.82) is 0 Å². The molecule has 0 bridgehead atoms. The number of hydrogen-bond acceptors (Lipinski definition) is 5. The molecule has 2 rings (SSSR count). The molecular formula is C11H15BrN4O3S. The maximum absolute atomic E-state index is 12.3. The highest BCUT2D eigenvalue weighted by Crippen LogP contribution is 2.27. The zero-order chi connectivity index (χ0) is 14.8. The first-order valence-electron chi connectivity index (χ1n) is 5.88. The summed E-state index contributed by atoms with van der Waals surface area (Å²) in [5.74, 6) is 0.538. The van der Waals surface area contributed by atoms with Crippen LogP contribution in [0.4, 0.5) is 0 Å². The summed E-state index contributed by atoms with van der Waals surface area (Å²) >= 11 is 3.13. The number of sulfonamides is 1. The minimum Gasteiger partial charge on any atom is -0.452 e.